The van der Waals surface area contributed by atoms with Crippen LogP contribution in [0.1, 0.15) is 13.8 Å². The molecule has 0 aliphatic rings. The minimum Gasteiger partial charge on any atom is -0.396 e. The third-order valence-corrected chi connectivity index (χ3v) is 1.94. The first-order valence-electron chi connectivity index (χ1n) is 4.68. The fourth-order valence-electron chi connectivity index (χ4n) is 0.841. The highest BCUT2D eigenvalue weighted by atomic mass is 16.5. The third-order valence-electron chi connectivity index (χ3n) is 1.94. The summed E-state index contributed by atoms with van der Waals surface area (Å²) in [5, 5.41) is 21.0. The highest BCUT2D eigenvalue weighted by molar-refractivity contribution is 4.74. The van der Waals surface area contributed by atoms with Gasteiger partial charge in [-0.1, -0.05) is 6.92 Å². The maximum atomic E-state index is 8.96. The molecule has 0 atom stereocenters. The topological polar surface area (TPSA) is 61.7 Å². The second kappa shape index (κ2) is 7.26. The second-order valence-corrected chi connectivity index (χ2v) is 3.50. The van der Waals surface area contributed by atoms with Crippen molar-refractivity contribution in [1.29, 1.82) is 0 Å². The van der Waals surface area contributed by atoms with Crippen molar-refractivity contribution >= 4 is 0 Å². The fourth-order valence-corrected chi connectivity index (χ4v) is 0.841. The van der Waals surface area contributed by atoms with E-state index in [1.807, 2.05) is 13.8 Å². The molecule has 0 spiro atoms. The molecule has 0 aromatic carbocycles. The van der Waals surface area contributed by atoms with Crippen molar-refractivity contribution in [3.63, 3.8) is 0 Å². The van der Waals surface area contributed by atoms with E-state index in [0.717, 1.165) is 13.2 Å². The average molecular weight is 191 g/mol. The van der Waals surface area contributed by atoms with Crippen molar-refractivity contribution < 1.29 is 14.9 Å². The maximum absolute atomic E-state index is 8.96. The summed E-state index contributed by atoms with van der Waals surface area (Å²) in [4.78, 5) is 0. The van der Waals surface area contributed by atoms with Crippen LogP contribution < -0.4 is 5.32 Å². The van der Waals surface area contributed by atoms with Gasteiger partial charge in [0.25, 0.3) is 0 Å². The van der Waals surface area contributed by atoms with Gasteiger partial charge < -0.3 is 20.3 Å². The fraction of sp³-hybridized carbons (Fsp3) is 1.00. The van der Waals surface area contributed by atoms with Gasteiger partial charge in [0.2, 0.25) is 0 Å². The van der Waals surface area contributed by atoms with Crippen LogP contribution in [0.15, 0.2) is 0 Å². The predicted molar refractivity (Wildman–Crippen MR) is 51.6 cm³/mol. The van der Waals surface area contributed by atoms with E-state index in [1.165, 1.54) is 0 Å². The van der Waals surface area contributed by atoms with Crippen molar-refractivity contribution in [1.82, 2.24) is 5.32 Å². The smallest absolute Gasteiger partial charge is 0.0590 e. The van der Waals surface area contributed by atoms with Crippen LogP contribution in [0, 0.1) is 5.41 Å². The number of rotatable bonds is 8. The summed E-state index contributed by atoms with van der Waals surface area (Å²) < 4.78 is 5.13. The highest BCUT2D eigenvalue weighted by Gasteiger charge is 2.21. The zero-order chi connectivity index (χ0) is 10.2. The van der Waals surface area contributed by atoms with Crippen LogP contribution in [-0.4, -0.2) is 49.7 Å². The molecule has 0 saturated carbocycles. The number of aliphatic hydroxyl groups is 2. The molecular formula is C9H21NO3. The quantitative estimate of drug-likeness (QED) is 0.457. The minimum atomic E-state index is -0.424. The molecule has 4 nitrogen and oxygen atoms in total. The Balaban J connectivity index is 3.39. The van der Waals surface area contributed by atoms with Crippen molar-refractivity contribution in [3.05, 3.63) is 0 Å². The Morgan fingerprint density at radius 1 is 1.31 bits per heavy atom. The van der Waals surface area contributed by atoms with Crippen molar-refractivity contribution in [2.75, 3.05) is 39.5 Å². The molecule has 80 valence electrons. The monoisotopic (exact) mass is 191 g/mol. The number of ether oxygens (including phenoxy) is 1. The first-order chi connectivity index (χ1) is 6.18. The summed E-state index contributed by atoms with van der Waals surface area (Å²) in [6.07, 6.45) is 0. The molecule has 0 saturated heterocycles. The van der Waals surface area contributed by atoms with Gasteiger partial charge in [0.1, 0.15) is 0 Å². The van der Waals surface area contributed by atoms with E-state index in [1.54, 1.807) is 0 Å². The van der Waals surface area contributed by atoms with E-state index >= 15 is 0 Å². The summed E-state index contributed by atoms with van der Waals surface area (Å²) in [6, 6.07) is 0. The molecule has 0 bridgehead atoms. The van der Waals surface area contributed by atoms with E-state index < -0.39 is 5.41 Å². The molecule has 0 radical (unpaired) electrons. The van der Waals surface area contributed by atoms with Gasteiger partial charge in [0, 0.05) is 25.1 Å². The van der Waals surface area contributed by atoms with Gasteiger partial charge in [0.15, 0.2) is 0 Å². The molecular weight excluding hydrogens is 170 g/mol. The molecule has 0 fully saturated rings. The molecule has 0 aromatic heterocycles. The Hall–Kier alpha value is -0.160. The summed E-state index contributed by atoms with van der Waals surface area (Å²) >= 11 is 0. The second-order valence-electron chi connectivity index (χ2n) is 3.50. The van der Waals surface area contributed by atoms with Gasteiger partial charge in [-0.3, -0.25) is 0 Å². The van der Waals surface area contributed by atoms with Crippen molar-refractivity contribution in [2.24, 2.45) is 5.41 Å². The van der Waals surface area contributed by atoms with Crippen LogP contribution in [0.4, 0.5) is 0 Å². The summed E-state index contributed by atoms with van der Waals surface area (Å²) in [5.41, 5.74) is -0.424. The van der Waals surface area contributed by atoms with Gasteiger partial charge in [0.05, 0.1) is 19.8 Å². The number of nitrogens with one attached hydrogen (secondary N) is 1. The van der Waals surface area contributed by atoms with Crippen LogP contribution in [0.3, 0.4) is 0 Å². The van der Waals surface area contributed by atoms with Gasteiger partial charge in [-0.2, -0.15) is 0 Å². The van der Waals surface area contributed by atoms with Crippen LogP contribution in [0.2, 0.25) is 0 Å². The molecule has 13 heavy (non-hydrogen) atoms. The molecule has 0 rings (SSSR count). The molecule has 0 heterocycles. The first kappa shape index (κ1) is 12.8. The van der Waals surface area contributed by atoms with Gasteiger partial charge in [-0.05, 0) is 6.92 Å². The molecule has 0 aromatic rings. The minimum absolute atomic E-state index is 0.00879. The van der Waals surface area contributed by atoms with E-state index in [0.29, 0.717) is 13.2 Å². The molecule has 0 aliphatic carbocycles. The molecule has 4 heteroatoms. The maximum Gasteiger partial charge on any atom is 0.0590 e. The van der Waals surface area contributed by atoms with Gasteiger partial charge in [-0.15, -0.1) is 0 Å². The van der Waals surface area contributed by atoms with Crippen molar-refractivity contribution in [2.45, 2.75) is 13.8 Å². The summed E-state index contributed by atoms with van der Waals surface area (Å²) in [6.45, 7) is 6.52. The Morgan fingerprint density at radius 3 is 2.38 bits per heavy atom. The molecule has 0 amide bonds. The zero-order valence-electron chi connectivity index (χ0n) is 8.55. The predicted octanol–water partition coefficient (Wildman–Crippen LogP) is -0.397. The SMILES string of the molecule is CCOCCNCC(C)(CO)CO. The summed E-state index contributed by atoms with van der Waals surface area (Å²) in [7, 11) is 0. The Morgan fingerprint density at radius 2 is 1.92 bits per heavy atom. The normalized spacial score (nSPS) is 12.0. The van der Waals surface area contributed by atoms with E-state index in [9.17, 15) is 0 Å². The standard InChI is InChI=1S/C9H21NO3/c1-3-13-5-4-10-6-9(2,7-11)8-12/h10-12H,3-8H2,1-2H3. The van der Waals surface area contributed by atoms with Crippen LogP contribution in [0.5, 0.6) is 0 Å². The lowest BCUT2D eigenvalue weighted by atomic mass is 9.93. The van der Waals surface area contributed by atoms with Crippen molar-refractivity contribution in [3.8, 4) is 0 Å². The van der Waals surface area contributed by atoms with Gasteiger partial charge in [-0.25, -0.2) is 0 Å². The molecule has 0 aliphatic heterocycles. The van der Waals surface area contributed by atoms with E-state index in [4.69, 9.17) is 14.9 Å². The Labute approximate surface area is 79.9 Å². The lowest BCUT2D eigenvalue weighted by molar-refractivity contribution is 0.0667. The average Bonchev–Trinajstić information content (AvgIpc) is 2.17. The third kappa shape index (κ3) is 5.99. The van der Waals surface area contributed by atoms with E-state index in [-0.39, 0.29) is 13.2 Å². The number of aliphatic hydroxyl groups excluding tert-OH is 2. The molecule has 0 unspecified atom stereocenters. The molecule has 3 N–H and O–H groups in total. The first-order valence-corrected chi connectivity index (χ1v) is 4.68. The lowest BCUT2D eigenvalue weighted by Crippen LogP contribution is -2.39. The lowest BCUT2D eigenvalue weighted by Gasteiger charge is -2.24. The highest BCUT2D eigenvalue weighted by Crippen LogP contribution is 2.11. The summed E-state index contributed by atoms with van der Waals surface area (Å²) in [5.74, 6) is 0. The number of hydrogen-bond acceptors (Lipinski definition) is 4. The zero-order valence-corrected chi connectivity index (χ0v) is 8.55. The van der Waals surface area contributed by atoms with Crippen LogP contribution in [-0.2, 0) is 4.74 Å². The van der Waals surface area contributed by atoms with Crippen LogP contribution in [0.25, 0.3) is 0 Å². The Kier molecular flexibility index (Phi) is 7.17. The number of hydrogen-bond donors (Lipinski definition) is 3. The Bertz CT molecular complexity index is 115. The largest absolute Gasteiger partial charge is 0.396 e. The van der Waals surface area contributed by atoms with Crippen LogP contribution >= 0.6 is 0 Å². The van der Waals surface area contributed by atoms with E-state index in [2.05, 4.69) is 5.32 Å². The van der Waals surface area contributed by atoms with Gasteiger partial charge >= 0.3 is 0 Å².